The van der Waals surface area contributed by atoms with E-state index in [2.05, 4.69) is 5.32 Å². The number of hydrogen-bond donors (Lipinski definition) is 1. The normalized spacial score (nSPS) is 14.2. The topological polar surface area (TPSA) is 99.7 Å². The first-order chi connectivity index (χ1) is 16.1. The molecule has 1 aliphatic heterocycles. The summed E-state index contributed by atoms with van der Waals surface area (Å²) in [6, 6.07) is 15.4. The zero-order chi connectivity index (χ0) is 23.2. The van der Waals surface area contributed by atoms with E-state index < -0.39 is 5.91 Å². The second-order valence-electron chi connectivity index (χ2n) is 7.80. The van der Waals surface area contributed by atoms with Crippen molar-refractivity contribution in [2.45, 2.75) is 13.3 Å². The van der Waals surface area contributed by atoms with Crippen molar-refractivity contribution < 1.29 is 9.53 Å². The van der Waals surface area contributed by atoms with E-state index in [0.29, 0.717) is 50.7 Å². The zero-order valence-electron chi connectivity index (χ0n) is 18.5. The van der Waals surface area contributed by atoms with Gasteiger partial charge in [-0.05, 0) is 36.6 Å². The molecule has 0 saturated carbocycles. The Balaban J connectivity index is 1.68. The number of nitrogens with one attached hydrogen (secondary N) is 1. The van der Waals surface area contributed by atoms with Crippen LogP contribution in [0, 0.1) is 18.3 Å². The Morgan fingerprint density at radius 1 is 1.21 bits per heavy atom. The largest absolute Gasteiger partial charge is 0.378 e. The minimum absolute atomic E-state index is 0.135. The first-order valence-corrected chi connectivity index (χ1v) is 10.9. The molecule has 0 aliphatic carbocycles. The number of fused-ring (bicyclic) bond motifs is 1. The SMILES string of the molecule is Cc1cccn2c(=O)c(C=C(C#N)C(=O)NCCc3ccccc3)c(N3CCOCC3)nc12. The van der Waals surface area contributed by atoms with Crippen LogP contribution < -0.4 is 15.8 Å². The van der Waals surface area contributed by atoms with Crippen molar-refractivity contribution in [3.05, 3.63) is 81.3 Å². The molecule has 0 radical (unpaired) electrons. The van der Waals surface area contributed by atoms with Crippen LogP contribution in [-0.2, 0) is 16.0 Å². The van der Waals surface area contributed by atoms with Crippen LogP contribution in [0.3, 0.4) is 0 Å². The molecule has 168 valence electrons. The van der Waals surface area contributed by atoms with Crippen LogP contribution in [0.25, 0.3) is 11.7 Å². The first kappa shape index (κ1) is 22.2. The van der Waals surface area contributed by atoms with Gasteiger partial charge in [-0.25, -0.2) is 4.98 Å². The molecule has 0 unspecified atom stereocenters. The first-order valence-electron chi connectivity index (χ1n) is 10.9. The highest BCUT2D eigenvalue weighted by Crippen LogP contribution is 2.21. The summed E-state index contributed by atoms with van der Waals surface area (Å²) in [6.07, 6.45) is 3.64. The van der Waals surface area contributed by atoms with Gasteiger partial charge in [-0.15, -0.1) is 0 Å². The number of nitriles is 1. The average Bonchev–Trinajstić information content (AvgIpc) is 2.85. The van der Waals surface area contributed by atoms with Crippen molar-refractivity contribution in [3.63, 3.8) is 0 Å². The lowest BCUT2D eigenvalue weighted by molar-refractivity contribution is -0.117. The van der Waals surface area contributed by atoms with E-state index in [1.807, 2.05) is 54.3 Å². The number of carbonyl (C=O) groups excluding carboxylic acids is 1. The molecule has 33 heavy (non-hydrogen) atoms. The fraction of sp³-hybridized carbons (Fsp3) is 0.280. The Kier molecular flexibility index (Phi) is 6.81. The number of ether oxygens (including phenoxy) is 1. The third kappa shape index (κ3) is 4.94. The Morgan fingerprint density at radius 2 is 1.97 bits per heavy atom. The highest BCUT2D eigenvalue weighted by molar-refractivity contribution is 6.02. The quantitative estimate of drug-likeness (QED) is 0.463. The number of anilines is 1. The summed E-state index contributed by atoms with van der Waals surface area (Å²) in [5.41, 5.74) is 2.25. The molecule has 1 amide bonds. The molecular formula is C25H25N5O3. The summed E-state index contributed by atoms with van der Waals surface area (Å²) in [5.74, 6) is -0.0578. The van der Waals surface area contributed by atoms with Crippen LogP contribution in [-0.4, -0.2) is 48.1 Å². The van der Waals surface area contributed by atoms with Gasteiger partial charge in [0.25, 0.3) is 11.5 Å². The molecule has 0 atom stereocenters. The molecule has 1 saturated heterocycles. The van der Waals surface area contributed by atoms with E-state index in [4.69, 9.17) is 9.72 Å². The molecule has 3 aromatic rings. The highest BCUT2D eigenvalue weighted by Gasteiger charge is 2.21. The van der Waals surface area contributed by atoms with Crippen LogP contribution in [0.2, 0.25) is 0 Å². The number of benzene rings is 1. The maximum Gasteiger partial charge on any atom is 0.267 e. The maximum absolute atomic E-state index is 13.4. The third-order valence-electron chi connectivity index (χ3n) is 5.57. The van der Waals surface area contributed by atoms with E-state index >= 15 is 0 Å². The lowest BCUT2D eigenvalue weighted by atomic mass is 10.1. The van der Waals surface area contributed by atoms with E-state index in [1.165, 1.54) is 10.5 Å². The Bertz CT molecular complexity index is 1290. The molecule has 1 N–H and O–H groups in total. The minimum atomic E-state index is -0.518. The van der Waals surface area contributed by atoms with Crippen molar-refractivity contribution in [1.29, 1.82) is 5.26 Å². The van der Waals surface area contributed by atoms with Crippen molar-refractivity contribution in [2.24, 2.45) is 0 Å². The molecule has 1 aliphatic rings. The summed E-state index contributed by atoms with van der Waals surface area (Å²) in [5, 5.41) is 12.5. The van der Waals surface area contributed by atoms with Gasteiger partial charge in [-0.1, -0.05) is 36.4 Å². The fourth-order valence-electron chi connectivity index (χ4n) is 3.80. The van der Waals surface area contributed by atoms with Crippen LogP contribution in [0.4, 0.5) is 5.82 Å². The second kappa shape index (κ2) is 10.1. The molecule has 3 heterocycles. The van der Waals surface area contributed by atoms with Gasteiger partial charge in [-0.2, -0.15) is 5.26 Å². The highest BCUT2D eigenvalue weighted by atomic mass is 16.5. The lowest BCUT2D eigenvalue weighted by Gasteiger charge is -2.29. The van der Waals surface area contributed by atoms with Crippen molar-refractivity contribution in [2.75, 3.05) is 37.7 Å². The Morgan fingerprint density at radius 3 is 2.70 bits per heavy atom. The summed E-state index contributed by atoms with van der Waals surface area (Å²) in [6.45, 7) is 4.45. The van der Waals surface area contributed by atoms with Gasteiger partial charge in [0.05, 0.1) is 18.8 Å². The van der Waals surface area contributed by atoms with Gasteiger partial charge >= 0.3 is 0 Å². The van der Waals surface area contributed by atoms with Gasteiger partial charge in [-0.3, -0.25) is 14.0 Å². The molecule has 0 spiro atoms. The number of aromatic nitrogens is 2. The van der Waals surface area contributed by atoms with Crippen LogP contribution in [0.5, 0.6) is 0 Å². The number of hydrogen-bond acceptors (Lipinski definition) is 6. The minimum Gasteiger partial charge on any atom is -0.378 e. The lowest BCUT2D eigenvalue weighted by Crippen LogP contribution is -2.39. The zero-order valence-corrected chi connectivity index (χ0v) is 18.5. The van der Waals surface area contributed by atoms with Gasteiger partial charge < -0.3 is 15.0 Å². The molecule has 0 bridgehead atoms. The number of carbonyl (C=O) groups is 1. The molecule has 4 rings (SSSR count). The number of rotatable bonds is 6. The molecular weight excluding hydrogens is 418 g/mol. The summed E-state index contributed by atoms with van der Waals surface area (Å²) >= 11 is 0. The predicted molar refractivity (Wildman–Crippen MR) is 126 cm³/mol. The van der Waals surface area contributed by atoms with Crippen molar-refractivity contribution >= 4 is 23.4 Å². The summed E-state index contributed by atoms with van der Waals surface area (Å²) < 4.78 is 6.89. The van der Waals surface area contributed by atoms with Gasteiger partial charge in [0.2, 0.25) is 0 Å². The number of amides is 1. The van der Waals surface area contributed by atoms with E-state index in [0.717, 1.165) is 11.1 Å². The molecule has 1 aromatic carbocycles. The maximum atomic E-state index is 13.4. The third-order valence-corrected chi connectivity index (χ3v) is 5.57. The molecule has 1 fully saturated rings. The average molecular weight is 444 g/mol. The van der Waals surface area contributed by atoms with Crippen LogP contribution >= 0.6 is 0 Å². The number of aryl methyl sites for hydroxylation is 1. The van der Waals surface area contributed by atoms with Crippen LogP contribution in [0.15, 0.2) is 59.0 Å². The fourth-order valence-corrected chi connectivity index (χ4v) is 3.80. The number of nitrogens with zero attached hydrogens (tertiary/aromatic N) is 4. The van der Waals surface area contributed by atoms with E-state index in [9.17, 15) is 14.9 Å². The summed E-state index contributed by atoms with van der Waals surface area (Å²) in [4.78, 5) is 32.8. The standard InChI is InChI=1S/C25H25N5O3/c1-18-6-5-11-30-22(18)28-23(29-12-14-33-15-13-29)21(25(30)32)16-20(17-26)24(31)27-10-9-19-7-3-2-4-8-19/h2-8,11,16H,9-10,12-15H2,1H3,(H,27,31). The van der Waals surface area contributed by atoms with Gasteiger partial charge in [0.15, 0.2) is 0 Å². The molecule has 8 nitrogen and oxygen atoms in total. The van der Waals surface area contributed by atoms with E-state index in [1.54, 1.807) is 12.3 Å². The Labute approximate surface area is 191 Å². The second-order valence-corrected chi connectivity index (χ2v) is 7.80. The van der Waals surface area contributed by atoms with Gasteiger partial charge in [0.1, 0.15) is 23.1 Å². The van der Waals surface area contributed by atoms with E-state index in [-0.39, 0.29) is 16.7 Å². The van der Waals surface area contributed by atoms with Crippen molar-refractivity contribution in [1.82, 2.24) is 14.7 Å². The molecule has 8 heteroatoms. The smallest absolute Gasteiger partial charge is 0.267 e. The number of pyridine rings is 1. The summed E-state index contributed by atoms with van der Waals surface area (Å²) in [7, 11) is 0. The van der Waals surface area contributed by atoms with Crippen LogP contribution in [0.1, 0.15) is 16.7 Å². The monoisotopic (exact) mass is 443 g/mol. The van der Waals surface area contributed by atoms with Crippen molar-refractivity contribution in [3.8, 4) is 6.07 Å². The predicted octanol–water partition coefficient (Wildman–Crippen LogP) is 2.11. The Hall–Kier alpha value is -3.96. The number of morpholine rings is 1. The van der Waals surface area contributed by atoms with Gasteiger partial charge in [0, 0.05) is 25.8 Å². The molecule has 2 aromatic heterocycles.